The molecule has 1 aromatic heterocycles. The first-order valence-electron chi connectivity index (χ1n) is 14.9. The normalized spacial score (nSPS) is 19.1. The molecule has 9 nitrogen and oxygen atoms in total. The van der Waals surface area contributed by atoms with Gasteiger partial charge in [0.05, 0.1) is 12.2 Å². The molecule has 1 saturated heterocycles. The van der Waals surface area contributed by atoms with Crippen molar-refractivity contribution in [2.45, 2.75) is 96.4 Å². The third kappa shape index (κ3) is 7.98. The number of carbonyl (C=O) groups is 3. The Bertz CT molecular complexity index is 1240. The Hall–Kier alpha value is -3.69. The molecule has 2 heterocycles. The highest BCUT2D eigenvalue weighted by molar-refractivity contribution is 5.91. The molecule has 0 spiro atoms. The fraction of sp³-hybridized carbons (Fsp3) is 0.562. The fourth-order valence-corrected chi connectivity index (χ4v) is 5.66. The number of likely N-dealkylation sites (tertiary alicyclic amines) is 1. The number of pyridine rings is 1. The molecule has 42 heavy (non-hydrogen) atoms. The maximum absolute atomic E-state index is 14.2. The first-order valence-corrected chi connectivity index (χ1v) is 14.9. The Balaban J connectivity index is 1.51. The SMILES string of the molecule is C[C@@H](C(=O)N[C@H](C(=O)N1CCC[C@H]1c1cncc(Oc2ccc(F)cc2)c1)C1CCCCC1)N(C)C(=O)OC(C)(C)C. The van der Waals surface area contributed by atoms with Crippen molar-refractivity contribution in [2.24, 2.45) is 5.92 Å². The minimum atomic E-state index is -0.822. The van der Waals surface area contributed by atoms with Gasteiger partial charge in [-0.05, 0) is 95.2 Å². The topological polar surface area (TPSA) is 101 Å². The van der Waals surface area contributed by atoms with Gasteiger partial charge in [-0.3, -0.25) is 19.5 Å². The van der Waals surface area contributed by atoms with Crippen LogP contribution in [-0.2, 0) is 14.3 Å². The second-order valence-electron chi connectivity index (χ2n) is 12.4. The molecule has 2 aliphatic rings. The van der Waals surface area contributed by atoms with Crippen molar-refractivity contribution >= 4 is 17.9 Å². The number of ether oxygens (including phenoxy) is 2. The summed E-state index contributed by atoms with van der Waals surface area (Å²) >= 11 is 0. The number of likely N-dealkylation sites (N-methyl/N-ethyl adjacent to an activating group) is 1. The Morgan fingerprint density at radius 3 is 2.38 bits per heavy atom. The zero-order valence-electron chi connectivity index (χ0n) is 25.3. The standard InChI is InChI=1S/C32H43FN4O5/c1-21(36(5)31(40)42-32(2,3)4)29(38)35-28(22-10-7-6-8-11-22)30(39)37-17-9-12-27(37)23-18-26(20-34-19-23)41-25-15-13-24(33)14-16-25/h13-16,18-22,27-28H,6-12,17H2,1-5H3,(H,35,38)/t21-,27-,28-/m0/s1. The summed E-state index contributed by atoms with van der Waals surface area (Å²) < 4.78 is 24.6. The van der Waals surface area contributed by atoms with Crippen LogP contribution in [0.1, 0.15) is 84.2 Å². The molecule has 1 saturated carbocycles. The molecular formula is C32H43FN4O5. The van der Waals surface area contributed by atoms with Crippen LogP contribution in [0.3, 0.4) is 0 Å². The molecule has 0 unspecified atom stereocenters. The van der Waals surface area contributed by atoms with Crippen molar-refractivity contribution in [3.05, 3.63) is 54.1 Å². The van der Waals surface area contributed by atoms with E-state index in [1.54, 1.807) is 52.2 Å². The fourth-order valence-electron chi connectivity index (χ4n) is 5.66. The van der Waals surface area contributed by atoms with Crippen LogP contribution in [0.2, 0.25) is 0 Å². The largest absolute Gasteiger partial charge is 0.456 e. The number of rotatable bonds is 8. The lowest BCUT2D eigenvalue weighted by atomic mass is 9.83. The van der Waals surface area contributed by atoms with E-state index in [-0.39, 0.29) is 29.6 Å². The predicted molar refractivity (Wildman–Crippen MR) is 156 cm³/mol. The zero-order chi connectivity index (χ0) is 30.4. The monoisotopic (exact) mass is 582 g/mol. The number of aromatic nitrogens is 1. The van der Waals surface area contributed by atoms with E-state index in [4.69, 9.17) is 9.47 Å². The second-order valence-corrected chi connectivity index (χ2v) is 12.4. The van der Waals surface area contributed by atoms with Gasteiger partial charge in [0.2, 0.25) is 11.8 Å². The van der Waals surface area contributed by atoms with Gasteiger partial charge in [0.1, 0.15) is 35.0 Å². The number of amides is 3. The lowest BCUT2D eigenvalue weighted by Crippen LogP contribution is -2.56. The van der Waals surface area contributed by atoms with Gasteiger partial charge < -0.3 is 19.7 Å². The van der Waals surface area contributed by atoms with Crippen LogP contribution in [0, 0.1) is 11.7 Å². The molecule has 1 aliphatic carbocycles. The maximum atomic E-state index is 14.2. The average molecular weight is 583 g/mol. The summed E-state index contributed by atoms with van der Waals surface area (Å²) in [7, 11) is 1.53. The predicted octanol–water partition coefficient (Wildman–Crippen LogP) is 6.00. The molecule has 1 aromatic carbocycles. The molecule has 0 bridgehead atoms. The van der Waals surface area contributed by atoms with E-state index in [1.807, 2.05) is 11.0 Å². The molecule has 1 aliphatic heterocycles. The van der Waals surface area contributed by atoms with Crippen molar-refractivity contribution in [1.29, 1.82) is 0 Å². The average Bonchev–Trinajstić information content (AvgIpc) is 3.46. The van der Waals surface area contributed by atoms with E-state index in [9.17, 15) is 18.8 Å². The first kappa shape index (κ1) is 31.3. The number of carbonyl (C=O) groups excluding carboxylic acids is 3. The number of hydrogen-bond acceptors (Lipinski definition) is 6. The summed E-state index contributed by atoms with van der Waals surface area (Å²) in [4.78, 5) is 47.7. The minimum absolute atomic E-state index is 0.0155. The molecule has 2 aromatic rings. The molecule has 228 valence electrons. The van der Waals surface area contributed by atoms with Crippen LogP contribution in [0.5, 0.6) is 11.5 Å². The van der Waals surface area contributed by atoms with Crippen molar-refractivity contribution in [2.75, 3.05) is 13.6 Å². The second kappa shape index (κ2) is 13.5. The van der Waals surface area contributed by atoms with Crippen molar-refractivity contribution in [3.8, 4) is 11.5 Å². The van der Waals surface area contributed by atoms with E-state index < -0.39 is 23.8 Å². The third-order valence-electron chi connectivity index (χ3n) is 8.03. The number of nitrogens with zero attached hydrogens (tertiary/aromatic N) is 3. The summed E-state index contributed by atoms with van der Waals surface area (Å²) in [6.45, 7) is 7.52. The van der Waals surface area contributed by atoms with E-state index in [0.717, 1.165) is 50.5 Å². The summed E-state index contributed by atoms with van der Waals surface area (Å²) in [5.41, 5.74) is 0.149. The number of halogens is 1. The summed E-state index contributed by atoms with van der Waals surface area (Å²) in [5, 5.41) is 3.03. The van der Waals surface area contributed by atoms with Crippen LogP contribution in [0.4, 0.5) is 9.18 Å². The highest BCUT2D eigenvalue weighted by Gasteiger charge is 2.40. The molecule has 10 heteroatoms. The number of benzene rings is 1. The smallest absolute Gasteiger partial charge is 0.410 e. The van der Waals surface area contributed by atoms with Crippen LogP contribution >= 0.6 is 0 Å². The van der Waals surface area contributed by atoms with Crippen molar-refractivity contribution < 1.29 is 28.2 Å². The van der Waals surface area contributed by atoms with Crippen molar-refractivity contribution in [1.82, 2.24) is 20.1 Å². The quantitative estimate of drug-likeness (QED) is 0.410. The van der Waals surface area contributed by atoms with E-state index in [2.05, 4.69) is 10.3 Å². The van der Waals surface area contributed by atoms with E-state index in [1.165, 1.54) is 24.1 Å². The molecule has 3 amide bonds. The summed E-state index contributed by atoms with van der Waals surface area (Å²) in [6.07, 6.45) is 9.15. The van der Waals surface area contributed by atoms with Gasteiger partial charge >= 0.3 is 6.09 Å². The lowest BCUT2D eigenvalue weighted by Gasteiger charge is -2.36. The summed E-state index contributed by atoms with van der Waals surface area (Å²) in [5.74, 6) is 0.144. The Morgan fingerprint density at radius 2 is 1.71 bits per heavy atom. The van der Waals surface area contributed by atoms with Gasteiger partial charge in [0.15, 0.2) is 0 Å². The van der Waals surface area contributed by atoms with Gasteiger partial charge in [-0.25, -0.2) is 9.18 Å². The lowest BCUT2D eigenvalue weighted by molar-refractivity contribution is -0.140. The third-order valence-corrected chi connectivity index (χ3v) is 8.03. The van der Waals surface area contributed by atoms with Gasteiger partial charge in [0, 0.05) is 19.8 Å². The van der Waals surface area contributed by atoms with E-state index >= 15 is 0 Å². The molecule has 4 rings (SSSR count). The van der Waals surface area contributed by atoms with Gasteiger partial charge in [-0.15, -0.1) is 0 Å². The summed E-state index contributed by atoms with van der Waals surface area (Å²) in [6, 6.07) is 5.88. The minimum Gasteiger partial charge on any atom is -0.456 e. The van der Waals surface area contributed by atoms with Gasteiger partial charge in [-0.2, -0.15) is 0 Å². The number of nitrogens with one attached hydrogen (secondary N) is 1. The van der Waals surface area contributed by atoms with Crippen LogP contribution in [0.15, 0.2) is 42.7 Å². The Morgan fingerprint density at radius 1 is 1.02 bits per heavy atom. The number of hydrogen-bond donors (Lipinski definition) is 1. The molecule has 1 N–H and O–H groups in total. The van der Waals surface area contributed by atoms with Gasteiger partial charge in [-0.1, -0.05) is 19.3 Å². The van der Waals surface area contributed by atoms with Crippen LogP contribution in [-0.4, -0.2) is 64.0 Å². The first-order chi connectivity index (χ1) is 19.9. The Kier molecular flexibility index (Phi) is 10.1. The van der Waals surface area contributed by atoms with Crippen molar-refractivity contribution in [3.63, 3.8) is 0 Å². The molecule has 2 fully saturated rings. The molecular weight excluding hydrogens is 539 g/mol. The highest BCUT2D eigenvalue weighted by atomic mass is 19.1. The highest BCUT2D eigenvalue weighted by Crippen LogP contribution is 2.36. The zero-order valence-corrected chi connectivity index (χ0v) is 25.3. The Labute approximate surface area is 247 Å². The molecule has 0 radical (unpaired) electrons. The van der Waals surface area contributed by atoms with Crippen LogP contribution < -0.4 is 10.1 Å². The van der Waals surface area contributed by atoms with Crippen LogP contribution in [0.25, 0.3) is 0 Å². The van der Waals surface area contributed by atoms with E-state index in [0.29, 0.717) is 18.0 Å². The maximum Gasteiger partial charge on any atom is 0.410 e. The molecule has 3 atom stereocenters. The van der Waals surface area contributed by atoms with Gasteiger partial charge in [0.25, 0.3) is 0 Å².